The third kappa shape index (κ3) is 4.76. The molecule has 1 fully saturated rings. The number of anilines is 1. The van der Waals surface area contributed by atoms with E-state index in [2.05, 4.69) is 43.6 Å². The summed E-state index contributed by atoms with van der Waals surface area (Å²) in [5.41, 5.74) is 1.69. The van der Waals surface area contributed by atoms with Gasteiger partial charge in [-0.25, -0.2) is 4.39 Å². The van der Waals surface area contributed by atoms with E-state index in [1.807, 2.05) is 12.1 Å². The van der Waals surface area contributed by atoms with Crippen molar-refractivity contribution in [3.8, 4) is 16.9 Å². The first-order valence-corrected chi connectivity index (χ1v) is 12.4. The lowest BCUT2D eigenvalue weighted by molar-refractivity contribution is 0.102. The molecule has 1 N–H and O–H groups in total. The molecule has 1 aliphatic carbocycles. The molecule has 0 saturated heterocycles. The zero-order chi connectivity index (χ0) is 24.7. The number of halogens is 2. The van der Waals surface area contributed by atoms with E-state index >= 15 is 0 Å². The molecule has 2 unspecified atom stereocenters. The van der Waals surface area contributed by atoms with Gasteiger partial charge in [-0.05, 0) is 48.2 Å². The Morgan fingerprint density at radius 3 is 2.66 bits per heavy atom. The Bertz CT molecular complexity index is 1490. The lowest BCUT2D eigenvalue weighted by Gasteiger charge is -2.14. The van der Waals surface area contributed by atoms with E-state index in [-0.39, 0.29) is 17.0 Å². The van der Waals surface area contributed by atoms with Crippen molar-refractivity contribution in [1.29, 1.82) is 0 Å². The van der Waals surface area contributed by atoms with Crippen LogP contribution < -0.4 is 15.6 Å². The lowest BCUT2D eigenvalue weighted by atomic mass is 10.00. The summed E-state index contributed by atoms with van der Waals surface area (Å²) in [6, 6.07) is 13.5. The second-order valence-electron chi connectivity index (χ2n) is 8.29. The van der Waals surface area contributed by atoms with Gasteiger partial charge in [-0.1, -0.05) is 39.4 Å². The first-order chi connectivity index (χ1) is 16.8. The number of nitrogens with zero attached hydrogens (tertiary/aromatic N) is 3. The predicted molar refractivity (Wildman–Crippen MR) is 136 cm³/mol. The maximum Gasteiger partial charge on any atom is 0.258 e. The van der Waals surface area contributed by atoms with Crippen LogP contribution in [0, 0.1) is 5.82 Å². The monoisotopic (exact) mass is 554 g/mol. The highest BCUT2D eigenvalue weighted by Crippen LogP contribution is 2.55. The number of pyridine rings is 1. The second kappa shape index (κ2) is 9.35. The quantitative estimate of drug-likeness (QED) is 0.347. The molecule has 0 bridgehead atoms. The van der Waals surface area contributed by atoms with Crippen LogP contribution in [0.1, 0.15) is 39.2 Å². The van der Waals surface area contributed by atoms with Crippen molar-refractivity contribution in [3.63, 3.8) is 0 Å². The summed E-state index contributed by atoms with van der Waals surface area (Å²) >= 11 is 4.77. The normalized spacial score (nSPS) is 16.7. The minimum atomic E-state index is -0.535. The molecule has 7 nitrogen and oxygen atoms in total. The van der Waals surface area contributed by atoms with Crippen molar-refractivity contribution < 1.29 is 13.9 Å². The number of aryl methyl sites for hydroxylation is 1. The summed E-state index contributed by atoms with van der Waals surface area (Å²) in [5.74, 6) is -0.00391. The molecule has 1 aliphatic rings. The van der Waals surface area contributed by atoms with Crippen LogP contribution in [-0.4, -0.2) is 27.8 Å². The van der Waals surface area contributed by atoms with Crippen molar-refractivity contribution >= 4 is 38.3 Å². The number of hydrogen-bond donors (Lipinski definition) is 1. The Labute approximate surface area is 212 Å². The number of methoxy groups -OCH3 is 1. The molecule has 0 radical (unpaired) electrons. The first kappa shape index (κ1) is 23.4. The summed E-state index contributed by atoms with van der Waals surface area (Å²) in [6.45, 7) is 0. The number of amides is 1. The number of rotatable bonds is 6. The summed E-state index contributed by atoms with van der Waals surface area (Å²) in [7, 11) is 3.02. The summed E-state index contributed by atoms with van der Waals surface area (Å²) in [5, 5.41) is 12.4. The van der Waals surface area contributed by atoms with Gasteiger partial charge < -0.3 is 9.30 Å². The SMILES string of the molecule is COc1ccc(F)cc1-c1cn(C)c(=O)cc1C(=O)Nc1nnc(C2CC2c2ccc(Br)cc2)s1. The molecule has 2 aromatic heterocycles. The summed E-state index contributed by atoms with van der Waals surface area (Å²) < 4.78 is 21.8. The fourth-order valence-electron chi connectivity index (χ4n) is 4.07. The van der Waals surface area contributed by atoms with Crippen LogP contribution in [0.5, 0.6) is 5.75 Å². The third-order valence-electron chi connectivity index (χ3n) is 5.99. The van der Waals surface area contributed by atoms with Crippen LogP contribution in [-0.2, 0) is 7.05 Å². The van der Waals surface area contributed by atoms with Crippen LogP contribution in [0.2, 0.25) is 0 Å². The highest BCUT2D eigenvalue weighted by molar-refractivity contribution is 9.10. The van der Waals surface area contributed by atoms with Crippen LogP contribution in [0.4, 0.5) is 9.52 Å². The standard InChI is InChI=1S/C25H20BrFN4O3S/c1-31-12-20(17-9-15(27)7-8-21(17)34-2)18(11-22(31)32)23(33)28-25-30-29-24(35-25)19-10-16(19)13-3-5-14(26)6-4-13/h3-9,11-12,16,19H,10H2,1-2H3,(H,28,30,33). The molecular weight excluding hydrogens is 535 g/mol. The van der Waals surface area contributed by atoms with Gasteiger partial charge in [0.05, 0.1) is 12.7 Å². The second-order valence-corrected chi connectivity index (χ2v) is 10.2. The number of carbonyl (C=O) groups excluding carboxylic acids is 1. The zero-order valence-corrected chi connectivity index (χ0v) is 21.2. The molecule has 0 aliphatic heterocycles. The van der Waals surface area contributed by atoms with Crippen LogP contribution >= 0.6 is 27.3 Å². The highest BCUT2D eigenvalue weighted by atomic mass is 79.9. The number of carbonyl (C=O) groups is 1. The Morgan fingerprint density at radius 1 is 1.14 bits per heavy atom. The van der Waals surface area contributed by atoms with Gasteiger partial charge >= 0.3 is 0 Å². The van der Waals surface area contributed by atoms with Gasteiger partial charge in [0, 0.05) is 40.8 Å². The molecule has 0 spiro atoms. The molecule has 1 saturated carbocycles. The summed E-state index contributed by atoms with van der Waals surface area (Å²) in [6.07, 6.45) is 2.47. The van der Waals surface area contributed by atoms with Crippen LogP contribution in [0.15, 0.2) is 64.0 Å². The van der Waals surface area contributed by atoms with E-state index in [1.54, 1.807) is 7.05 Å². The largest absolute Gasteiger partial charge is 0.496 e. The Kier molecular flexibility index (Phi) is 6.24. The Hall–Kier alpha value is -3.37. The zero-order valence-electron chi connectivity index (χ0n) is 18.8. The van der Waals surface area contributed by atoms with E-state index in [4.69, 9.17) is 4.74 Å². The predicted octanol–water partition coefficient (Wildman–Crippen LogP) is 5.34. The number of aromatic nitrogens is 3. The highest BCUT2D eigenvalue weighted by Gasteiger charge is 2.42. The molecule has 2 atom stereocenters. The van der Waals surface area contributed by atoms with Gasteiger partial charge in [0.25, 0.3) is 11.5 Å². The van der Waals surface area contributed by atoms with Crippen LogP contribution in [0.3, 0.4) is 0 Å². The number of hydrogen-bond acceptors (Lipinski definition) is 6. The van der Waals surface area contributed by atoms with Gasteiger partial charge in [-0.2, -0.15) is 0 Å². The van der Waals surface area contributed by atoms with Crippen molar-refractivity contribution in [2.75, 3.05) is 12.4 Å². The topological polar surface area (TPSA) is 86.1 Å². The molecule has 178 valence electrons. The molecule has 1 amide bonds. The number of nitrogens with one attached hydrogen (secondary N) is 1. The maximum atomic E-state index is 14.0. The maximum absolute atomic E-state index is 14.0. The van der Waals surface area contributed by atoms with Crippen molar-refractivity contribution in [1.82, 2.24) is 14.8 Å². The van der Waals surface area contributed by atoms with Crippen molar-refractivity contribution in [3.05, 3.63) is 91.5 Å². The first-order valence-electron chi connectivity index (χ1n) is 10.8. The van der Waals surface area contributed by atoms with Gasteiger partial charge in [-0.15, -0.1) is 10.2 Å². The van der Waals surface area contributed by atoms with E-state index in [1.165, 1.54) is 59.0 Å². The third-order valence-corrected chi connectivity index (χ3v) is 7.49. The van der Waals surface area contributed by atoms with Gasteiger partial charge in [0.2, 0.25) is 5.13 Å². The van der Waals surface area contributed by atoms with Gasteiger partial charge in [-0.3, -0.25) is 14.9 Å². The van der Waals surface area contributed by atoms with Gasteiger partial charge in [0.1, 0.15) is 16.6 Å². The molecule has 35 heavy (non-hydrogen) atoms. The fourth-order valence-corrected chi connectivity index (χ4v) is 5.25. The molecule has 2 aromatic carbocycles. The number of benzene rings is 2. The molecule has 2 heterocycles. The number of ether oxygens (including phenoxy) is 1. The van der Waals surface area contributed by atoms with E-state index < -0.39 is 11.7 Å². The molecular formula is C25H20BrFN4O3S. The van der Waals surface area contributed by atoms with E-state index in [0.717, 1.165) is 15.9 Å². The molecule has 10 heteroatoms. The van der Waals surface area contributed by atoms with Crippen molar-refractivity contribution in [2.24, 2.45) is 7.05 Å². The fraction of sp³-hybridized carbons (Fsp3) is 0.200. The van der Waals surface area contributed by atoms with Crippen molar-refractivity contribution in [2.45, 2.75) is 18.3 Å². The van der Waals surface area contributed by atoms with E-state index in [0.29, 0.717) is 27.9 Å². The average molecular weight is 555 g/mol. The van der Waals surface area contributed by atoms with Crippen LogP contribution in [0.25, 0.3) is 11.1 Å². The smallest absolute Gasteiger partial charge is 0.258 e. The molecule has 4 aromatic rings. The van der Waals surface area contributed by atoms with E-state index in [9.17, 15) is 14.0 Å². The average Bonchev–Trinajstić information content (AvgIpc) is 3.51. The lowest BCUT2D eigenvalue weighted by Crippen LogP contribution is -2.21. The Balaban J connectivity index is 1.40. The minimum absolute atomic E-state index is 0.0907. The molecule has 5 rings (SSSR count). The summed E-state index contributed by atoms with van der Waals surface area (Å²) in [4.78, 5) is 25.6. The minimum Gasteiger partial charge on any atom is -0.496 e. The Morgan fingerprint density at radius 2 is 1.91 bits per heavy atom. The van der Waals surface area contributed by atoms with Gasteiger partial charge in [0.15, 0.2) is 0 Å².